The number of cyclic esters (lactones) is 1. The van der Waals surface area contributed by atoms with E-state index in [-0.39, 0.29) is 13.2 Å². The maximum Gasteiger partial charge on any atom is 0.443 e. The van der Waals surface area contributed by atoms with Crippen molar-refractivity contribution in [3.63, 3.8) is 0 Å². The first-order valence-electron chi connectivity index (χ1n) is 4.49. The van der Waals surface area contributed by atoms with Crippen molar-refractivity contribution in [3.05, 3.63) is 35.9 Å². The van der Waals surface area contributed by atoms with Crippen molar-refractivity contribution in [3.8, 4) is 0 Å². The fraction of sp³-hybridized carbons (Fsp3) is 0.200. The van der Waals surface area contributed by atoms with Gasteiger partial charge in [0.2, 0.25) is 0 Å². The molecule has 1 fully saturated rings. The molecular weight excluding hydrogens is 198 g/mol. The number of hydroxylamine groups is 2. The molecular formula is C10H9NO4. The van der Waals surface area contributed by atoms with Gasteiger partial charge in [0.25, 0.3) is 0 Å². The molecule has 1 aliphatic heterocycles. The molecule has 78 valence electrons. The number of hydrogen-bond donors (Lipinski definition) is 0. The zero-order chi connectivity index (χ0) is 10.7. The number of benzene rings is 1. The summed E-state index contributed by atoms with van der Waals surface area (Å²) in [5, 5.41) is 0.912. The summed E-state index contributed by atoms with van der Waals surface area (Å²) in [5.74, 6) is -0.561. The van der Waals surface area contributed by atoms with Gasteiger partial charge in [-0.15, -0.1) is 5.06 Å². The Bertz CT molecular complexity index is 376. The van der Waals surface area contributed by atoms with Crippen LogP contribution in [0.3, 0.4) is 0 Å². The topological polar surface area (TPSA) is 55.8 Å². The molecule has 5 nitrogen and oxygen atoms in total. The van der Waals surface area contributed by atoms with E-state index in [2.05, 4.69) is 4.74 Å². The van der Waals surface area contributed by atoms with Gasteiger partial charge in [0, 0.05) is 0 Å². The Kier molecular flexibility index (Phi) is 2.53. The lowest BCUT2D eigenvalue weighted by Gasteiger charge is -2.11. The first-order chi connectivity index (χ1) is 7.27. The maximum atomic E-state index is 11.5. The largest absolute Gasteiger partial charge is 0.445 e. The lowest BCUT2D eigenvalue weighted by molar-refractivity contribution is -0.0644. The monoisotopic (exact) mass is 207 g/mol. The van der Waals surface area contributed by atoms with Crippen LogP contribution < -0.4 is 0 Å². The number of carbonyl (C=O) groups excluding carboxylic acids is 2. The first-order valence-corrected chi connectivity index (χ1v) is 4.49. The van der Waals surface area contributed by atoms with E-state index in [1.165, 1.54) is 0 Å². The number of rotatable bonds is 2. The third-order valence-electron chi connectivity index (χ3n) is 1.93. The van der Waals surface area contributed by atoms with Gasteiger partial charge in [-0.3, -0.25) is 0 Å². The van der Waals surface area contributed by atoms with Crippen molar-refractivity contribution in [2.45, 2.75) is 0 Å². The van der Waals surface area contributed by atoms with E-state index in [4.69, 9.17) is 4.84 Å². The molecule has 1 aromatic rings. The molecule has 1 heterocycles. The number of ether oxygens (including phenoxy) is 1. The highest BCUT2D eigenvalue weighted by molar-refractivity contribution is 5.90. The number of amides is 1. The van der Waals surface area contributed by atoms with Crippen LogP contribution in [-0.4, -0.2) is 30.3 Å². The molecule has 2 rings (SSSR count). The van der Waals surface area contributed by atoms with Crippen molar-refractivity contribution in [2.75, 3.05) is 13.2 Å². The van der Waals surface area contributed by atoms with Gasteiger partial charge in [-0.1, -0.05) is 18.2 Å². The van der Waals surface area contributed by atoms with Gasteiger partial charge < -0.3 is 9.57 Å². The highest BCUT2D eigenvalue weighted by Crippen LogP contribution is 2.08. The van der Waals surface area contributed by atoms with Crippen molar-refractivity contribution < 1.29 is 19.2 Å². The maximum absolute atomic E-state index is 11.5. The number of nitrogens with zero attached hydrogens (tertiary/aromatic N) is 1. The Hall–Kier alpha value is -2.04. The minimum absolute atomic E-state index is 0.251. The predicted octanol–water partition coefficient (Wildman–Crippen LogP) is 1.21. The summed E-state index contributed by atoms with van der Waals surface area (Å²) < 4.78 is 4.61. The van der Waals surface area contributed by atoms with E-state index >= 15 is 0 Å². The highest BCUT2D eigenvalue weighted by Gasteiger charge is 2.26. The molecule has 0 spiro atoms. The molecule has 0 N–H and O–H groups in total. The molecule has 15 heavy (non-hydrogen) atoms. The van der Waals surface area contributed by atoms with Crippen molar-refractivity contribution >= 4 is 12.1 Å². The zero-order valence-corrected chi connectivity index (χ0v) is 7.88. The molecule has 0 radical (unpaired) electrons. The molecule has 1 aromatic carbocycles. The van der Waals surface area contributed by atoms with Gasteiger partial charge in [-0.2, -0.15) is 0 Å². The second-order valence-electron chi connectivity index (χ2n) is 2.96. The van der Waals surface area contributed by atoms with Crippen LogP contribution in [0.4, 0.5) is 4.79 Å². The summed E-state index contributed by atoms with van der Waals surface area (Å²) in [7, 11) is 0. The average molecular weight is 207 g/mol. The summed E-state index contributed by atoms with van der Waals surface area (Å²) >= 11 is 0. The quantitative estimate of drug-likeness (QED) is 0.731. The van der Waals surface area contributed by atoms with Gasteiger partial charge in [0.15, 0.2) is 0 Å². The van der Waals surface area contributed by atoms with Crippen LogP contribution in [0, 0.1) is 0 Å². The minimum atomic E-state index is -0.626. The molecule has 0 bridgehead atoms. The van der Waals surface area contributed by atoms with E-state index in [9.17, 15) is 9.59 Å². The highest BCUT2D eigenvalue weighted by atomic mass is 16.8. The third kappa shape index (κ3) is 2.07. The summed E-state index contributed by atoms with van der Waals surface area (Å²) in [6.07, 6.45) is -0.626. The van der Waals surface area contributed by atoms with Crippen LogP contribution in [0.15, 0.2) is 30.3 Å². The standard InChI is InChI=1S/C10H9NO4/c12-9(8-4-2-1-3-5-8)15-11-6-7-14-10(11)13/h1-5H,6-7H2. The van der Waals surface area contributed by atoms with Crippen LogP contribution in [0.5, 0.6) is 0 Å². The Morgan fingerprint density at radius 1 is 1.33 bits per heavy atom. The van der Waals surface area contributed by atoms with Crippen molar-refractivity contribution in [1.82, 2.24) is 5.06 Å². The van der Waals surface area contributed by atoms with Crippen LogP contribution in [-0.2, 0) is 9.57 Å². The zero-order valence-electron chi connectivity index (χ0n) is 7.88. The number of carbonyl (C=O) groups is 2. The molecule has 1 amide bonds. The smallest absolute Gasteiger partial charge is 0.443 e. The molecule has 0 aromatic heterocycles. The van der Waals surface area contributed by atoms with Crippen LogP contribution in [0.25, 0.3) is 0 Å². The summed E-state index contributed by atoms with van der Waals surface area (Å²) in [6.45, 7) is 0.526. The van der Waals surface area contributed by atoms with Crippen LogP contribution in [0.2, 0.25) is 0 Å². The SMILES string of the molecule is O=C(ON1CCOC1=O)c1ccccc1. The van der Waals surface area contributed by atoms with Crippen LogP contribution in [0.1, 0.15) is 10.4 Å². The Labute approximate surface area is 86.1 Å². The van der Waals surface area contributed by atoms with Gasteiger partial charge in [0.05, 0.1) is 12.1 Å². The molecule has 1 saturated heterocycles. The molecule has 0 aliphatic carbocycles. The minimum Gasteiger partial charge on any atom is -0.445 e. The summed E-state index contributed by atoms with van der Waals surface area (Å²) in [5.41, 5.74) is 0.400. The van der Waals surface area contributed by atoms with Gasteiger partial charge >= 0.3 is 12.1 Å². The van der Waals surface area contributed by atoms with E-state index < -0.39 is 12.1 Å². The predicted molar refractivity (Wildman–Crippen MR) is 49.9 cm³/mol. The van der Waals surface area contributed by atoms with E-state index in [1.807, 2.05) is 0 Å². The van der Waals surface area contributed by atoms with E-state index in [1.54, 1.807) is 30.3 Å². The van der Waals surface area contributed by atoms with Gasteiger partial charge in [-0.25, -0.2) is 9.59 Å². The molecule has 0 atom stereocenters. The van der Waals surface area contributed by atoms with Crippen LogP contribution >= 0.6 is 0 Å². The van der Waals surface area contributed by atoms with Gasteiger partial charge in [0.1, 0.15) is 6.61 Å². The average Bonchev–Trinajstić information content (AvgIpc) is 2.66. The van der Waals surface area contributed by atoms with E-state index in [0.717, 1.165) is 5.06 Å². The van der Waals surface area contributed by atoms with Gasteiger partial charge in [-0.05, 0) is 12.1 Å². The Morgan fingerprint density at radius 3 is 2.67 bits per heavy atom. The summed E-state index contributed by atoms with van der Waals surface area (Å²) in [6, 6.07) is 8.46. The molecule has 5 heteroatoms. The molecule has 0 saturated carbocycles. The fourth-order valence-corrected chi connectivity index (χ4v) is 1.19. The summed E-state index contributed by atoms with van der Waals surface area (Å²) in [4.78, 5) is 27.3. The third-order valence-corrected chi connectivity index (χ3v) is 1.93. The molecule has 0 unspecified atom stereocenters. The van der Waals surface area contributed by atoms with E-state index in [0.29, 0.717) is 5.56 Å². The van der Waals surface area contributed by atoms with Crippen molar-refractivity contribution in [1.29, 1.82) is 0 Å². The molecule has 1 aliphatic rings. The number of hydrogen-bond acceptors (Lipinski definition) is 4. The fourth-order valence-electron chi connectivity index (χ4n) is 1.19. The second-order valence-corrected chi connectivity index (χ2v) is 2.96. The second kappa shape index (κ2) is 4.00. The Morgan fingerprint density at radius 2 is 2.07 bits per heavy atom. The lowest BCUT2D eigenvalue weighted by Crippen LogP contribution is -2.28. The first kappa shape index (κ1) is 9.51. The van der Waals surface area contributed by atoms with Crippen molar-refractivity contribution in [2.24, 2.45) is 0 Å². The Balaban J connectivity index is 2.01. The lowest BCUT2D eigenvalue weighted by atomic mass is 10.2. The normalized spacial score (nSPS) is 14.9.